The number of benzene rings is 2. The number of aromatic nitrogens is 4. The molecular weight excluding hydrogens is 432 g/mol. The Morgan fingerprint density at radius 3 is 2.55 bits per heavy atom. The molecule has 2 aliphatic rings. The molecular formula is C26H29ClN6. The van der Waals surface area contributed by atoms with E-state index in [1.165, 1.54) is 42.0 Å². The predicted molar refractivity (Wildman–Crippen MR) is 133 cm³/mol. The van der Waals surface area contributed by atoms with Crippen LogP contribution < -0.4 is 5.43 Å². The van der Waals surface area contributed by atoms with E-state index in [0.717, 1.165) is 49.3 Å². The highest BCUT2D eigenvalue weighted by Gasteiger charge is 2.24. The summed E-state index contributed by atoms with van der Waals surface area (Å²) in [6, 6.07) is 15.9. The van der Waals surface area contributed by atoms with Gasteiger partial charge in [0, 0.05) is 19.1 Å². The molecule has 6 rings (SSSR count). The smallest absolute Gasteiger partial charge is 0.226 e. The van der Waals surface area contributed by atoms with E-state index in [-0.39, 0.29) is 5.28 Å². The Labute approximate surface area is 199 Å². The third-order valence-electron chi connectivity index (χ3n) is 7.33. The van der Waals surface area contributed by atoms with Crippen molar-refractivity contribution in [1.82, 2.24) is 24.5 Å². The van der Waals surface area contributed by atoms with Gasteiger partial charge in [0.05, 0.1) is 6.33 Å². The molecule has 2 aromatic carbocycles. The number of nitrogens with zero attached hydrogens (tertiary/aromatic N) is 5. The van der Waals surface area contributed by atoms with Crippen LogP contribution in [0.15, 0.2) is 48.8 Å². The maximum absolute atomic E-state index is 6.31. The zero-order chi connectivity index (χ0) is 22.2. The van der Waals surface area contributed by atoms with Crippen LogP contribution in [0.25, 0.3) is 21.9 Å². The number of piperidine rings is 1. The Bertz CT molecular complexity index is 1270. The summed E-state index contributed by atoms with van der Waals surface area (Å²) in [5, 5.41) is 5.17. The number of imidazole rings is 1. The highest BCUT2D eigenvalue weighted by molar-refractivity contribution is 6.28. The lowest BCUT2D eigenvalue weighted by Gasteiger charge is -2.32. The van der Waals surface area contributed by atoms with Crippen LogP contribution in [0.4, 0.5) is 5.82 Å². The molecule has 1 saturated heterocycles. The number of nitrogens with one attached hydrogen (secondary N) is 1. The molecule has 170 valence electrons. The van der Waals surface area contributed by atoms with Crippen molar-refractivity contribution in [3.8, 4) is 0 Å². The maximum Gasteiger partial charge on any atom is 0.226 e. The number of hydrogen-bond donors (Lipinski definition) is 1. The summed E-state index contributed by atoms with van der Waals surface area (Å²) >= 11 is 6.31. The average molecular weight is 461 g/mol. The fourth-order valence-electron chi connectivity index (χ4n) is 5.52. The SMILES string of the molecule is Clc1nc(NN2CCC(Cc3ccc4ccccc4c3)CC2)c2ncn(C3CCCC3)c2n1. The molecule has 0 spiro atoms. The molecule has 1 N–H and O–H groups in total. The molecule has 0 unspecified atom stereocenters. The molecule has 7 heteroatoms. The Morgan fingerprint density at radius 2 is 1.73 bits per heavy atom. The molecule has 0 bridgehead atoms. The van der Waals surface area contributed by atoms with Gasteiger partial charge in [-0.15, -0.1) is 0 Å². The highest BCUT2D eigenvalue weighted by Crippen LogP contribution is 2.33. The number of hydrazine groups is 1. The third kappa shape index (κ3) is 4.30. The van der Waals surface area contributed by atoms with E-state index in [2.05, 4.69) is 72.4 Å². The first kappa shape index (κ1) is 20.9. The summed E-state index contributed by atoms with van der Waals surface area (Å²) in [4.78, 5) is 13.6. The molecule has 2 aromatic heterocycles. The van der Waals surface area contributed by atoms with E-state index in [0.29, 0.717) is 12.0 Å². The maximum atomic E-state index is 6.31. The summed E-state index contributed by atoms with van der Waals surface area (Å²) in [5.74, 6) is 1.41. The minimum Gasteiger partial charge on any atom is -0.312 e. The fraction of sp³-hybridized carbons (Fsp3) is 0.423. The van der Waals surface area contributed by atoms with Crippen LogP contribution in [0, 0.1) is 5.92 Å². The summed E-state index contributed by atoms with van der Waals surface area (Å²) in [5.41, 5.74) is 6.58. The van der Waals surface area contributed by atoms with E-state index in [1.807, 2.05) is 6.33 Å². The van der Waals surface area contributed by atoms with Gasteiger partial charge < -0.3 is 9.99 Å². The molecule has 3 heterocycles. The normalized spacial score (nSPS) is 18.5. The van der Waals surface area contributed by atoms with Gasteiger partial charge in [-0.25, -0.2) is 9.99 Å². The minimum atomic E-state index is 0.274. The van der Waals surface area contributed by atoms with Crippen LogP contribution in [0.2, 0.25) is 5.28 Å². The van der Waals surface area contributed by atoms with Gasteiger partial charge in [0.2, 0.25) is 5.28 Å². The zero-order valence-corrected chi connectivity index (χ0v) is 19.5. The highest BCUT2D eigenvalue weighted by atomic mass is 35.5. The quantitative estimate of drug-likeness (QED) is 0.368. The van der Waals surface area contributed by atoms with Crippen LogP contribution in [-0.4, -0.2) is 37.6 Å². The second-order valence-corrected chi connectivity index (χ2v) is 9.87. The molecule has 1 saturated carbocycles. The van der Waals surface area contributed by atoms with Gasteiger partial charge in [0.15, 0.2) is 17.0 Å². The first-order valence-electron chi connectivity index (χ1n) is 12.1. The van der Waals surface area contributed by atoms with Gasteiger partial charge in [0.1, 0.15) is 0 Å². The van der Waals surface area contributed by atoms with Crippen molar-refractivity contribution in [3.05, 3.63) is 59.6 Å². The summed E-state index contributed by atoms with van der Waals surface area (Å²) in [6.07, 6.45) is 10.2. The molecule has 4 aromatic rings. The standard InChI is InChI=1S/C26H29ClN6/c27-26-29-24(23-25(30-26)33(17-28-23)22-7-3-4-8-22)31-32-13-11-18(12-14-32)15-19-9-10-20-5-1-2-6-21(20)16-19/h1-2,5-6,9-10,16-18,22H,3-4,7-8,11-15H2,(H,29,30,31). The minimum absolute atomic E-state index is 0.274. The van der Waals surface area contributed by atoms with Crippen molar-refractivity contribution in [2.45, 2.75) is 51.0 Å². The average Bonchev–Trinajstić information content (AvgIpc) is 3.50. The summed E-state index contributed by atoms with van der Waals surface area (Å²) in [6.45, 7) is 1.95. The summed E-state index contributed by atoms with van der Waals surface area (Å²) < 4.78 is 2.19. The molecule has 1 aliphatic heterocycles. The van der Waals surface area contributed by atoms with Gasteiger partial charge in [-0.3, -0.25) is 0 Å². The third-order valence-corrected chi connectivity index (χ3v) is 7.50. The predicted octanol–water partition coefficient (Wildman–Crippen LogP) is 6.03. The van der Waals surface area contributed by atoms with Gasteiger partial charge in [-0.05, 0) is 66.0 Å². The Balaban J connectivity index is 1.12. The van der Waals surface area contributed by atoms with Gasteiger partial charge >= 0.3 is 0 Å². The lowest BCUT2D eigenvalue weighted by atomic mass is 9.90. The van der Waals surface area contributed by atoms with Gasteiger partial charge in [0.25, 0.3) is 0 Å². The van der Waals surface area contributed by atoms with E-state index >= 15 is 0 Å². The second-order valence-electron chi connectivity index (χ2n) is 9.53. The number of halogens is 1. The number of anilines is 1. The van der Waals surface area contributed by atoms with E-state index in [4.69, 9.17) is 11.6 Å². The van der Waals surface area contributed by atoms with E-state index in [9.17, 15) is 0 Å². The molecule has 0 radical (unpaired) electrons. The van der Waals surface area contributed by atoms with Crippen LogP contribution in [-0.2, 0) is 6.42 Å². The van der Waals surface area contributed by atoms with Crippen molar-refractivity contribution in [2.24, 2.45) is 5.92 Å². The van der Waals surface area contributed by atoms with Crippen molar-refractivity contribution in [1.29, 1.82) is 0 Å². The Hall–Kier alpha value is -2.70. The van der Waals surface area contributed by atoms with Crippen molar-refractivity contribution >= 4 is 39.4 Å². The second kappa shape index (κ2) is 8.92. The Morgan fingerprint density at radius 1 is 0.939 bits per heavy atom. The summed E-state index contributed by atoms with van der Waals surface area (Å²) in [7, 11) is 0. The number of fused-ring (bicyclic) bond motifs is 2. The molecule has 0 amide bonds. The van der Waals surface area contributed by atoms with Crippen LogP contribution in [0.1, 0.15) is 50.1 Å². The van der Waals surface area contributed by atoms with Crippen LogP contribution in [0.3, 0.4) is 0 Å². The van der Waals surface area contributed by atoms with Gasteiger partial charge in [-0.1, -0.05) is 55.3 Å². The van der Waals surface area contributed by atoms with Crippen LogP contribution in [0.5, 0.6) is 0 Å². The van der Waals surface area contributed by atoms with Crippen LogP contribution >= 0.6 is 11.6 Å². The van der Waals surface area contributed by atoms with Crippen molar-refractivity contribution in [2.75, 3.05) is 18.5 Å². The van der Waals surface area contributed by atoms with Gasteiger partial charge in [-0.2, -0.15) is 9.97 Å². The largest absolute Gasteiger partial charge is 0.312 e. The first-order valence-corrected chi connectivity index (χ1v) is 12.5. The fourth-order valence-corrected chi connectivity index (χ4v) is 5.68. The van der Waals surface area contributed by atoms with Crippen molar-refractivity contribution < 1.29 is 0 Å². The molecule has 6 nitrogen and oxygen atoms in total. The molecule has 0 atom stereocenters. The molecule has 2 fully saturated rings. The first-order chi connectivity index (χ1) is 16.2. The number of rotatable bonds is 5. The molecule has 33 heavy (non-hydrogen) atoms. The Kier molecular flexibility index (Phi) is 5.64. The molecule has 1 aliphatic carbocycles. The monoisotopic (exact) mass is 460 g/mol. The van der Waals surface area contributed by atoms with Crippen molar-refractivity contribution in [3.63, 3.8) is 0 Å². The zero-order valence-electron chi connectivity index (χ0n) is 18.8. The van der Waals surface area contributed by atoms with E-state index < -0.39 is 0 Å². The number of hydrogen-bond acceptors (Lipinski definition) is 5. The topological polar surface area (TPSA) is 58.9 Å². The lowest BCUT2D eigenvalue weighted by Crippen LogP contribution is -2.38. The lowest BCUT2D eigenvalue weighted by molar-refractivity contribution is 0.216. The van der Waals surface area contributed by atoms with E-state index in [1.54, 1.807) is 0 Å².